The van der Waals surface area contributed by atoms with Crippen LogP contribution in [-0.2, 0) is 6.42 Å². The molecule has 0 bridgehead atoms. The van der Waals surface area contributed by atoms with E-state index >= 15 is 0 Å². The standard InChI is InChI=1S/C17H24ClNS/c1-16(2)10-12-5-6-13(18)9-14(12)15(16)19-11-17(3)7-4-8-20-17/h5-6,9,15,19H,4,7-8,10-11H2,1-3H3. The molecule has 1 saturated heterocycles. The number of fused-ring (bicyclic) bond motifs is 1. The fourth-order valence-electron chi connectivity index (χ4n) is 3.69. The van der Waals surface area contributed by atoms with E-state index in [0.29, 0.717) is 10.8 Å². The summed E-state index contributed by atoms with van der Waals surface area (Å²) in [5.41, 5.74) is 3.14. The number of benzene rings is 1. The zero-order valence-corrected chi connectivity index (χ0v) is 14.2. The normalized spacial score (nSPS) is 31.5. The topological polar surface area (TPSA) is 12.0 Å². The van der Waals surface area contributed by atoms with Gasteiger partial charge < -0.3 is 5.32 Å². The van der Waals surface area contributed by atoms with E-state index in [1.54, 1.807) is 0 Å². The number of nitrogens with one attached hydrogen (secondary N) is 1. The summed E-state index contributed by atoms with van der Waals surface area (Å²) in [6.45, 7) is 8.22. The van der Waals surface area contributed by atoms with Gasteiger partial charge in [0.25, 0.3) is 0 Å². The van der Waals surface area contributed by atoms with Crippen molar-refractivity contribution in [2.24, 2.45) is 5.41 Å². The van der Waals surface area contributed by atoms with E-state index < -0.39 is 0 Å². The number of thioether (sulfide) groups is 1. The molecule has 2 atom stereocenters. The van der Waals surface area contributed by atoms with Crippen LogP contribution >= 0.6 is 23.4 Å². The van der Waals surface area contributed by atoms with Crippen molar-refractivity contribution < 1.29 is 0 Å². The van der Waals surface area contributed by atoms with Crippen LogP contribution in [0.3, 0.4) is 0 Å². The van der Waals surface area contributed by atoms with E-state index in [1.165, 1.54) is 29.7 Å². The predicted octanol–water partition coefficient (Wildman–Crippen LogP) is 4.84. The number of hydrogen-bond donors (Lipinski definition) is 1. The summed E-state index contributed by atoms with van der Waals surface area (Å²) in [5.74, 6) is 1.31. The summed E-state index contributed by atoms with van der Waals surface area (Å²) in [5, 5.41) is 4.71. The van der Waals surface area contributed by atoms with Gasteiger partial charge in [0.05, 0.1) is 0 Å². The second-order valence-corrected chi connectivity index (χ2v) is 9.34. The molecule has 2 aliphatic rings. The molecule has 0 saturated carbocycles. The van der Waals surface area contributed by atoms with Crippen LogP contribution in [0, 0.1) is 5.41 Å². The Bertz CT molecular complexity index is 506. The number of halogens is 1. The van der Waals surface area contributed by atoms with Crippen LogP contribution in [0.15, 0.2) is 18.2 Å². The molecule has 1 aromatic carbocycles. The highest BCUT2D eigenvalue weighted by Gasteiger charge is 2.40. The Hall–Kier alpha value is -0.180. The largest absolute Gasteiger partial charge is 0.308 e. The Kier molecular flexibility index (Phi) is 3.85. The molecule has 1 nitrogen and oxygen atoms in total. The van der Waals surface area contributed by atoms with Gasteiger partial charge in [0.15, 0.2) is 0 Å². The third-order valence-electron chi connectivity index (χ3n) is 4.83. The lowest BCUT2D eigenvalue weighted by Gasteiger charge is -2.32. The van der Waals surface area contributed by atoms with E-state index in [4.69, 9.17) is 11.6 Å². The Morgan fingerprint density at radius 3 is 2.85 bits per heavy atom. The summed E-state index contributed by atoms with van der Waals surface area (Å²) in [7, 11) is 0. The molecular weight excluding hydrogens is 286 g/mol. The van der Waals surface area contributed by atoms with Crippen molar-refractivity contribution in [3.8, 4) is 0 Å². The van der Waals surface area contributed by atoms with Gasteiger partial charge >= 0.3 is 0 Å². The van der Waals surface area contributed by atoms with Crippen molar-refractivity contribution >= 4 is 23.4 Å². The lowest BCUT2D eigenvalue weighted by atomic mass is 9.85. The second-order valence-electron chi connectivity index (χ2n) is 7.22. The van der Waals surface area contributed by atoms with Crippen LogP contribution in [0.1, 0.15) is 50.8 Å². The fourth-order valence-corrected chi connectivity index (χ4v) is 5.13. The van der Waals surface area contributed by atoms with Crippen LogP contribution in [0.25, 0.3) is 0 Å². The summed E-state index contributed by atoms with van der Waals surface area (Å²) in [4.78, 5) is 0. The fraction of sp³-hybridized carbons (Fsp3) is 0.647. The highest BCUT2D eigenvalue weighted by atomic mass is 35.5. The molecule has 1 aliphatic heterocycles. The minimum atomic E-state index is 0.270. The Balaban J connectivity index is 1.79. The van der Waals surface area contributed by atoms with Crippen LogP contribution < -0.4 is 5.32 Å². The number of hydrogen-bond acceptors (Lipinski definition) is 2. The van der Waals surface area contributed by atoms with E-state index in [-0.39, 0.29) is 5.41 Å². The van der Waals surface area contributed by atoms with Crippen molar-refractivity contribution in [3.63, 3.8) is 0 Å². The summed E-state index contributed by atoms with van der Waals surface area (Å²) >= 11 is 8.33. The molecule has 1 aromatic rings. The second kappa shape index (κ2) is 5.23. The highest BCUT2D eigenvalue weighted by molar-refractivity contribution is 8.00. The van der Waals surface area contributed by atoms with Gasteiger partial charge in [-0.05, 0) is 60.6 Å². The minimum Gasteiger partial charge on any atom is -0.308 e. The summed E-state index contributed by atoms with van der Waals surface area (Å²) in [6.07, 6.45) is 3.83. The van der Waals surface area contributed by atoms with Gasteiger partial charge in [-0.1, -0.05) is 31.5 Å². The van der Waals surface area contributed by atoms with E-state index in [2.05, 4.69) is 50.0 Å². The molecule has 0 amide bonds. The summed E-state index contributed by atoms with van der Waals surface area (Å²) < 4.78 is 0.414. The first-order valence-corrected chi connectivity index (χ1v) is 8.92. The molecule has 0 aromatic heterocycles. The Labute approximate surface area is 131 Å². The molecule has 20 heavy (non-hydrogen) atoms. The van der Waals surface area contributed by atoms with Gasteiger partial charge in [-0.15, -0.1) is 0 Å². The van der Waals surface area contributed by atoms with Gasteiger partial charge in [0.2, 0.25) is 0 Å². The molecule has 1 heterocycles. The maximum atomic E-state index is 6.20. The summed E-state index contributed by atoms with van der Waals surface area (Å²) in [6, 6.07) is 6.81. The van der Waals surface area contributed by atoms with E-state index in [9.17, 15) is 0 Å². The van der Waals surface area contributed by atoms with Crippen molar-refractivity contribution in [1.29, 1.82) is 0 Å². The van der Waals surface area contributed by atoms with Gasteiger partial charge in [0.1, 0.15) is 0 Å². The van der Waals surface area contributed by atoms with Crippen molar-refractivity contribution in [2.75, 3.05) is 12.3 Å². The van der Waals surface area contributed by atoms with Crippen molar-refractivity contribution in [2.45, 2.75) is 50.8 Å². The van der Waals surface area contributed by atoms with E-state index in [0.717, 1.165) is 18.0 Å². The first kappa shape index (κ1) is 14.7. The third kappa shape index (κ3) is 2.75. The molecule has 0 radical (unpaired) electrons. The molecule has 3 heteroatoms. The van der Waals surface area contributed by atoms with E-state index in [1.807, 2.05) is 6.07 Å². The maximum Gasteiger partial charge on any atom is 0.0409 e. The monoisotopic (exact) mass is 309 g/mol. The van der Waals surface area contributed by atoms with Gasteiger partial charge in [0, 0.05) is 22.4 Å². The maximum absolute atomic E-state index is 6.20. The molecule has 110 valence electrons. The molecule has 0 spiro atoms. The van der Waals surface area contributed by atoms with Crippen LogP contribution in [0.5, 0.6) is 0 Å². The third-order valence-corrected chi connectivity index (χ3v) is 6.60. The van der Waals surface area contributed by atoms with Gasteiger partial charge in [-0.25, -0.2) is 0 Å². The lowest BCUT2D eigenvalue weighted by molar-refractivity contribution is 0.263. The molecule has 2 unspecified atom stereocenters. The first-order chi connectivity index (χ1) is 9.40. The van der Waals surface area contributed by atoms with Gasteiger partial charge in [-0.2, -0.15) is 11.8 Å². The Morgan fingerprint density at radius 2 is 2.15 bits per heavy atom. The smallest absolute Gasteiger partial charge is 0.0409 e. The zero-order valence-electron chi connectivity index (χ0n) is 12.6. The predicted molar refractivity (Wildman–Crippen MR) is 89.8 cm³/mol. The van der Waals surface area contributed by atoms with Crippen LogP contribution in [0.2, 0.25) is 5.02 Å². The van der Waals surface area contributed by atoms with Crippen molar-refractivity contribution in [3.05, 3.63) is 34.3 Å². The molecule has 1 N–H and O–H groups in total. The Morgan fingerprint density at radius 1 is 1.35 bits per heavy atom. The minimum absolute atomic E-state index is 0.270. The average molecular weight is 310 g/mol. The average Bonchev–Trinajstić information content (AvgIpc) is 2.88. The number of rotatable bonds is 3. The highest BCUT2D eigenvalue weighted by Crippen LogP contribution is 2.47. The molecule has 3 rings (SSSR count). The van der Waals surface area contributed by atoms with Crippen molar-refractivity contribution in [1.82, 2.24) is 5.32 Å². The lowest BCUT2D eigenvalue weighted by Crippen LogP contribution is -2.39. The molecular formula is C17H24ClNS. The van der Waals surface area contributed by atoms with Gasteiger partial charge in [-0.3, -0.25) is 0 Å². The zero-order chi connectivity index (χ0) is 14.4. The SMILES string of the molecule is CC1(CNC2c3cc(Cl)ccc3CC2(C)C)CCCS1. The quantitative estimate of drug-likeness (QED) is 0.857. The molecule has 1 fully saturated rings. The first-order valence-electron chi connectivity index (χ1n) is 7.55. The van der Waals surface area contributed by atoms with Crippen LogP contribution in [-0.4, -0.2) is 17.0 Å². The van der Waals surface area contributed by atoms with Crippen LogP contribution in [0.4, 0.5) is 0 Å². The molecule has 1 aliphatic carbocycles.